The van der Waals surface area contributed by atoms with E-state index in [4.69, 9.17) is 0 Å². The van der Waals surface area contributed by atoms with Gasteiger partial charge >= 0.3 is 0 Å². The van der Waals surface area contributed by atoms with Gasteiger partial charge in [0.15, 0.2) is 0 Å². The van der Waals surface area contributed by atoms with Gasteiger partial charge in [0.25, 0.3) is 0 Å². The second-order valence-corrected chi connectivity index (χ2v) is 25.0. The molecule has 356 valence electrons. The average molecular weight is 921 g/mol. The smallest absolute Gasteiger partial charge is 0.0991 e. The van der Waals surface area contributed by atoms with Crippen molar-refractivity contribution in [3.05, 3.63) is 159 Å². The second-order valence-electron chi connectivity index (χ2n) is 25.0. The highest BCUT2D eigenvalue weighted by Crippen LogP contribution is 2.54. The van der Waals surface area contributed by atoms with Crippen molar-refractivity contribution in [1.29, 1.82) is 10.5 Å². The highest BCUT2D eigenvalue weighted by molar-refractivity contribution is 6.11. The zero-order valence-electron chi connectivity index (χ0n) is 44.7. The Morgan fingerprint density at radius 1 is 0.486 bits per heavy atom. The van der Waals surface area contributed by atoms with E-state index in [2.05, 4.69) is 223 Å². The lowest BCUT2D eigenvalue weighted by Gasteiger charge is -2.33. The molecule has 1 aliphatic rings. The van der Waals surface area contributed by atoms with Gasteiger partial charge in [-0.2, -0.15) is 10.5 Å². The third kappa shape index (κ3) is 8.18. The van der Waals surface area contributed by atoms with Crippen LogP contribution < -0.4 is 0 Å². The summed E-state index contributed by atoms with van der Waals surface area (Å²) >= 11 is 0. The number of nitriles is 2. The monoisotopic (exact) mass is 921 g/mol. The first-order valence-corrected chi connectivity index (χ1v) is 25.5. The molecule has 0 radical (unpaired) electrons. The molecule has 0 saturated heterocycles. The maximum absolute atomic E-state index is 10.2. The quantitative estimate of drug-likeness (QED) is 0.167. The molecule has 0 amide bonds. The standard InChI is InChI=1S/C66H72N4/c1-39(2)57-59(43-21-17-41(37-67)18-22-43)61(69-53-29-25-45(63(5,6)7)33-49(53)50-34-46(64(8,9)10)26-30-54(50)69)58(40(3)4)62(60(57)44-23-19-42(38-68)20-24-44)70-55-31-27-47(65(11,12)13)35-51(55)52-36-48(66(14,15)16)28-32-56(52)70/h17-35,39-40,48H,36H2,1-16H3. The van der Waals surface area contributed by atoms with E-state index in [1.165, 1.54) is 83.0 Å². The molecule has 0 fully saturated rings. The van der Waals surface area contributed by atoms with Gasteiger partial charge in [0.1, 0.15) is 0 Å². The fourth-order valence-electron chi connectivity index (χ4n) is 11.1. The van der Waals surface area contributed by atoms with Crippen molar-refractivity contribution in [2.45, 2.75) is 145 Å². The number of hydrogen-bond donors (Lipinski definition) is 0. The van der Waals surface area contributed by atoms with Gasteiger partial charge in [-0.1, -0.05) is 159 Å². The normalized spacial score (nSPS) is 14.5. The lowest BCUT2D eigenvalue weighted by atomic mass is 9.74. The van der Waals surface area contributed by atoms with Crippen LogP contribution in [0.1, 0.15) is 173 Å². The average Bonchev–Trinajstić information content (AvgIpc) is 3.80. The molecule has 9 rings (SSSR count). The van der Waals surface area contributed by atoms with Crippen LogP contribution in [0.25, 0.3) is 72.4 Å². The van der Waals surface area contributed by atoms with E-state index in [0.29, 0.717) is 17.0 Å². The van der Waals surface area contributed by atoms with Crippen molar-refractivity contribution >= 4 is 38.8 Å². The first-order valence-electron chi connectivity index (χ1n) is 25.5. The Morgan fingerprint density at radius 3 is 1.24 bits per heavy atom. The summed E-state index contributed by atoms with van der Waals surface area (Å²) < 4.78 is 5.24. The van der Waals surface area contributed by atoms with E-state index >= 15 is 0 Å². The van der Waals surface area contributed by atoms with Crippen LogP contribution in [-0.4, -0.2) is 9.13 Å². The van der Waals surface area contributed by atoms with E-state index in [0.717, 1.165) is 28.8 Å². The van der Waals surface area contributed by atoms with Crippen LogP contribution in [0, 0.1) is 34.0 Å². The molecule has 1 atom stereocenters. The van der Waals surface area contributed by atoms with Crippen molar-refractivity contribution in [2.75, 3.05) is 0 Å². The van der Waals surface area contributed by atoms with Gasteiger partial charge < -0.3 is 9.13 Å². The van der Waals surface area contributed by atoms with Gasteiger partial charge in [-0.05, 0) is 152 Å². The van der Waals surface area contributed by atoms with Gasteiger partial charge in [-0.15, -0.1) is 0 Å². The SMILES string of the molecule is CC(C)c1c(-c2ccc(C#N)cc2)c(-n2c3c(c4cc(C(C)(C)C)ccc42)CC(C(C)(C)C)C=C3)c(C(C)C)c(-n2c3ccc(C(C)(C)C)cc3c3cc(C(C)(C)C)ccc32)c1-c1ccc(C#N)cc1. The van der Waals surface area contributed by atoms with Gasteiger partial charge in [0.2, 0.25) is 0 Å². The first-order chi connectivity index (χ1) is 32.8. The van der Waals surface area contributed by atoms with Crippen molar-refractivity contribution in [3.8, 4) is 45.8 Å². The Hall–Kier alpha value is -6.62. The zero-order chi connectivity index (χ0) is 50.6. The van der Waals surface area contributed by atoms with Gasteiger partial charge in [-0.25, -0.2) is 0 Å². The topological polar surface area (TPSA) is 57.4 Å². The van der Waals surface area contributed by atoms with Gasteiger partial charge in [0.05, 0.1) is 51.2 Å². The minimum Gasteiger partial charge on any atom is -0.309 e. The van der Waals surface area contributed by atoms with Gasteiger partial charge in [-0.3, -0.25) is 0 Å². The van der Waals surface area contributed by atoms with Crippen LogP contribution >= 0.6 is 0 Å². The van der Waals surface area contributed by atoms with Gasteiger partial charge in [0, 0.05) is 38.5 Å². The fraction of sp³-hybridized carbons (Fsp3) is 0.364. The third-order valence-electron chi connectivity index (χ3n) is 15.2. The number of benzene rings is 6. The number of fused-ring (bicyclic) bond motifs is 6. The Labute approximate surface area is 418 Å². The zero-order valence-corrected chi connectivity index (χ0v) is 44.7. The summed E-state index contributed by atoms with van der Waals surface area (Å²) in [6, 6.07) is 42.9. The summed E-state index contributed by atoms with van der Waals surface area (Å²) in [5.74, 6) is 0.454. The summed E-state index contributed by atoms with van der Waals surface area (Å²) in [4.78, 5) is 0. The van der Waals surface area contributed by atoms with Crippen LogP contribution in [0.15, 0.2) is 109 Å². The van der Waals surface area contributed by atoms with Crippen molar-refractivity contribution in [1.82, 2.24) is 9.13 Å². The molecule has 4 heteroatoms. The molecule has 0 spiro atoms. The Kier molecular flexibility index (Phi) is 11.8. The van der Waals surface area contributed by atoms with E-state index in [9.17, 15) is 10.5 Å². The minimum absolute atomic E-state index is 0.0347. The second kappa shape index (κ2) is 17.1. The molecule has 1 unspecified atom stereocenters. The number of hydrogen-bond acceptors (Lipinski definition) is 2. The molecule has 0 bridgehead atoms. The summed E-state index contributed by atoms with van der Waals surface area (Å²) in [6.45, 7) is 37.3. The molecule has 6 aromatic carbocycles. The number of allylic oxidation sites excluding steroid dienone is 1. The predicted octanol–water partition coefficient (Wildman–Crippen LogP) is 18.2. The third-order valence-corrected chi connectivity index (χ3v) is 15.2. The highest BCUT2D eigenvalue weighted by Gasteiger charge is 2.36. The molecule has 0 N–H and O–H groups in total. The summed E-state index contributed by atoms with van der Waals surface area (Å²) in [5.41, 5.74) is 20.6. The molecule has 2 heterocycles. The molecular weight excluding hydrogens is 849 g/mol. The molecule has 70 heavy (non-hydrogen) atoms. The highest BCUT2D eigenvalue weighted by atomic mass is 15.0. The molecule has 0 aliphatic heterocycles. The van der Waals surface area contributed by atoms with Crippen molar-refractivity contribution < 1.29 is 0 Å². The molecular formula is C66H72N4. The van der Waals surface area contributed by atoms with Crippen LogP contribution in [0.4, 0.5) is 0 Å². The predicted molar refractivity (Wildman–Crippen MR) is 298 cm³/mol. The van der Waals surface area contributed by atoms with E-state index < -0.39 is 0 Å². The largest absolute Gasteiger partial charge is 0.309 e. The minimum atomic E-state index is -0.0529. The van der Waals surface area contributed by atoms with Crippen molar-refractivity contribution in [2.24, 2.45) is 11.3 Å². The Bertz CT molecular complexity index is 3410. The Balaban J connectivity index is 1.59. The fourth-order valence-corrected chi connectivity index (χ4v) is 11.1. The lowest BCUT2D eigenvalue weighted by Crippen LogP contribution is -2.23. The maximum atomic E-state index is 10.2. The van der Waals surface area contributed by atoms with Crippen molar-refractivity contribution in [3.63, 3.8) is 0 Å². The van der Waals surface area contributed by atoms with E-state index in [1.807, 2.05) is 24.3 Å². The molecule has 2 aromatic heterocycles. The maximum Gasteiger partial charge on any atom is 0.0991 e. The lowest BCUT2D eigenvalue weighted by molar-refractivity contribution is 0.291. The summed E-state index contributed by atoms with van der Waals surface area (Å²) in [7, 11) is 0. The van der Waals surface area contributed by atoms with Crippen LogP contribution in [0.3, 0.4) is 0 Å². The Morgan fingerprint density at radius 2 is 0.871 bits per heavy atom. The molecule has 4 nitrogen and oxygen atoms in total. The molecule has 0 saturated carbocycles. The number of rotatable bonds is 6. The summed E-state index contributed by atoms with van der Waals surface area (Å²) in [5, 5.41) is 24.1. The first kappa shape index (κ1) is 48.4. The molecule has 8 aromatic rings. The number of aromatic nitrogens is 2. The summed E-state index contributed by atoms with van der Waals surface area (Å²) in [6.07, 6.45) is 5.85. The van der Waals surface area contributed by atoms with Crippen LogP contribution in [0.5, 0.6) is 0 Å². The van der Waals surface area contributed by atoms with E-state index in [-0.39, 0.29) is 33.5 Å². The van der Waals surface area contributed by atoms with Crippen LogP contribution in [-0.2, 0) is 22.7 Å². The van der Waals surface area contributed by atoms with Crippen LogP contribution in [0.2, 0.25) is 0 Å². The molecule has 1 aliphatic carbocycles. The van der Waals surface area contributed by atoms with E-state index in [1.54, 1.807) is 0 Å². The number of nitrogens with zero attached hydrogens (tertiary/aromatic N) is 4.